The lowest BCUT2D eigenvalue weighted by Gasteiger charge is -2.00. The van der Waals surface area contributed by atoms with Crippen molar-refractivity contribution in [1.29, 1.82) is 5.26 Å². The van der Waals surface area contributed by atoms with E-state index in [1.165, 1.54) is 11.8 Å². The van der Waals surface area contributed by atoms with Crippen molar-refractivity contribution in [2.75, 3.05) is 5.75 Å². The van der Waals surface area contributed by atoms with Crippen LogP contribution in [0.4, 0.5) is 5.82 Å². The number of benzene rings is 1. The second kappa shape index (κ2) is 4.40. The Hall–Kier alpha value is -2.33. The summed E-state index contributed by atoms with van der Waals surface area (Å²) in [7, 11) is 0. The SMILES string of the molecule is N#Cc1ccc(-c2nc3n(c2[N+](=O)[O-])CCS3)cc1. The summed E-state index contributed by atoms with van der Waals surface area (Å²) in [5, 5.41) is 20.7. The van der Waals surface area contributed by atoms with Crippen LogP contribution in [0.1, 0.15) is 5.56 Å². The third-order valence-corrected chi connectivity index (χ3v) is 3.87. The number of hydrogen-bond acceptors (Lipinski definition) is 5. The van der Waals surface area contributed by atoms with Gasteiger partial charge < -0.3 is 10.1 Å². The molecule has 0 N–H and O–H groups in total. The number of thioether (sulfide) groups is 1. The molecule has 0 saturated heterocycles. The molecule has 0 saturated carbocycles. The predicted molar refractivity (Wildman–Crippen MR) is 69.8 cm³/mol. The van der Waals surface area contributed by atoms with E-state index in [1.54, 1.807) is 28.8 Å². The van der Waals surface area contributed by atoms with Crippen LogP contribution in [0.3, 0.4) is 0 Å². The zero-order chi connectivity index (χ0) is 13.4. The van der Waals surface area contributed by atoms with Gasteiger partial charge in [0.15, 0.2) is 5.69 Å². The summed E-state index contributed by atoms with van der Waals surface area (Å²) in [6.45, 7) is 0.611. The normalized spacial score (nSPS) is 13.0. The maximum atomic E-state index is 11.2. The van der Waals surface area contributed by atoms with Crippen LogP contribution in [0.25, 0.3) is 11.3 Å². The van der Waals surface area contributed by atoms with E-state index in [0.29, 0.717) is 28.5 Å². The first-order chi connectivity index (χ1) is 9.20. The van der Waals surface area contributed by atoms with Gasteiger partial charge in [0.25, 0.3) is 5.16 Å². The van der Waals surface area contributed by atoms with Gasteiger partial charge in [-0.25, -0.2) is 0 Å². The second-order valence-corrected chi connectivity index (χ2v) is 5.08. The summed E-state index contributed by atoms with van der Waals surface area (Å²) in [6.07, 6.45) is 0. The summed E-state index contributed by atoms with van der Waals surface area (Å²) in [5.74, 6) is 0.848. The maximum Gasteiger partial charge on any atom is 0.351 e. The van der Waals surface area contributed by atoms with E-state index in [9.17, 15) is 10.1 Å². The topological polar surface area (TPSA) is 84.8 Å². The molecule has 3 rings (SSSR count). The summed E-state index contributed by atoms with van der Waals surface area (Å²) in [6, 6.07) is 8.67. The van der Waals surface area contributed by atoms with Crippen molar-refractivity contribution in [3.63, 3.8) is 0 Å². The molecule has 0 bridgehead atoms. The zero-order valence-electron chi connectivity index (χ0n) is 9.74. The van der Waals surface area contributed by atoms with Gasteiger partial charge in [0, 0.05) is 11.3 Å². The van der Waals surface area contributed by atoms with Crippen LogP contribution in [0.5, 0.6) is 0 Å². The average molecular weight is 272 g/mol. The van der Waals surface area contributed by atoms with Crippen LogP contribution in [0.15, 0.2) is 29.4 Å². The number of nitrogens with zero attached hydrogens (tertiary/aromatic N) is 4. The third-order valence-electron chi connectivity index (χ3n) is 2.91. The molecular weight excluding hydrogens is 264 g/mol. The fourth-order valence-electron chi connectivity index (χ4n) is 2.05. The standard InChI is InChI=1S/C12H8N4O2S/c13-7-8-1-3-9(4-2-8)10-11(16(17)18)15-5-6-19-12(15)14-10/h1-4H,5-6H2. The Morgan fingerprint density at radius 3 is 2.79 bits per heavy atom. The van der Waals surface area contributed by atoms with Gasteiger partial charge in [0.05, 0.1) is 11.6 Å². The van der Waals surface area contributed by atoms with E-state index in [0.717, 1.165) is 5.75 Å². The van der Waals surface area contributed by atoms with Gasteiger partial charge in [-0.1, -0.05) is 23.9 Å². The lowest BCUT2D eigenvalue weighted by atomic mass is 10.1. The average Bonchev–Trinajstić information content (AvgIpc) is 2.98. The van der Waals surface area contributed by atoms with Crippen LogP contribution in [0.2, 0.25) is 0 Å². The van der Waals surface area contributed by atoms with E-state index < -0.39 is 4.92 Å². The molecule has 0 unspecified atom stereocenters. The fraction of sp³-hybridized carbons (Fsp3) is 0.167. The predicted octanol–water partition coefficient (Wildman–Crippen LogP) is 2.44. The first-order valence-corrected chi connectivity index (χ1v) is 6.57. The van der Waals surface area contributed by atoms with Crippen LogP contribution in [-0.2, 0) is 6.54 Å². The van der Waals surface area contributed by atoms with E-state index in [4.69, 9.17) is 5.26 Å². The monoisotopic (exact) mass is 272 g/mol. The maximum absolute atomic E-state index is 11.2. The van der Waals surface area contributed by atoms with Crippen molar-refractivity contribution in [3.05, 3.63) is 39.9 Å². The van der Waals surface area contributed by atoms with Gasteiger partial charge in [-0.3, -0.25) is 0 Å². The molecule has 6 nitrogen and oxygen atoms in total. The molecule has 0 atom stereocenters. The van der Waals surface area contributed by atoms with Crippen molar-refractivity contribution in [3.8, 4) is 17.3 Å². The number of imidazole rings is 1. The molecule has 0 radical (unpaired) electrons. The quantitative estimate of drug-likeness (QED) is 0.619. The van der Waals surface area contributed by atoms with E-state index in [2.05, 4.69) is 4.98 Å². The van der Waals surface area contributed by atoms with Crippen molar-refractivity contribution in [1.82, 2.24) is 9.55 Å². The highest BCUT2D eigenvalue weighted by atomic mass is 32.2. The summed E-state index contributed by atoms with van der Waals surface area (Å²) in [4.78, 5) is 15.2. The molecule has 0 amide bonds. The highest BCUT2D eigenvalue weighted by Crippen LogP contribution is 2.37. The first kappa shape index (κ1) is 11.7. The molecule has 0 fully saturated rings. The minimum absolute atomic E-state index is 0.0321. The zero-order valence-corrected chi connectivity index (χ0v) is 10.6. The van der Waals surface area contributed by atoms with Crippen LogP contribution in [-0.4, -0.2) is 20.2 Å². The van der Waals surface area contributed by atoms with Gasteiger partial charge in [-0.15, -0.1) is 0 Å². The Morgan fingerprint density at radius 2 is 2.16 bits per heavy atom. The molecule has 2 heterocycles. The molecule has 94 valence electrons. The number of nitriles is 1. The Morgan fingerprint density at radius 1 is 1.42 bits per heavy atom. The minimum atomic E-state index is -0.393. The molecule has 0 aliphatic carbocycles. The first-order valence-electron chi connectivity index (χ1n) is 5.59. The van der Waals surface area contributed by atoms with Crippen LogP contribution < -0.4 is 0 Å². The van der Waals surface area contributed by atoms with E-state index in [-0.39, 0.29) is 5.82 Å². The molecule has 1 aromatic carbocycles. The molecule has 19 heavy (non-hydrogen) atoms. The lowest BCUT2D eigenvalue weighted by Crippen LogP contribution is -2.01. The van der Waals surface area contributed by atoms with Crippen molar-refractivity contribution < 1.29 is 4.92 Å². The lowest BCUT2D eigenvalue weighted by molar-refractivity contribution is -0.391. The number of aromatic nitrogens is 2. The number of rotatable bonds is 2. The number of fused-ring (bicyclic) bond motifs is 1. The third kappa shape index (κ3) is 1.86. The van der Waals surface area contributed by atoms with Crippen LogP contribution in [0, 0.1) is 21.4 Å². The molecule has 1 aliphatic rings. The second-order valence-electron chi connectivity index (χ2n) is 4.01. The highest BCUT2D eigenvalue weighted by Gasteiger charge is 2.31. The molecular formula is C12H8N4O2S. The Bertz CT molecular complexity index is 700. The molecule has 1 aromatic heterocycles. The Labute approximate surface area is 112 Å². The van der Waals surface area contributed by atoms with Crippen LogP contribution >= 0.6 is 11.8 Å². The fourth-order valence-corrected chi connectivity index (χ4v) is 2.99. The van der Waals surface area contributed by atoms with Gasteiger partial charge >= 0.3 is 5.82 Å². The van der Waals surface area contributed by atoms with Crippen molar-refractivity contribution >= 4 is 17.6 Å². The van der Waals surface area contributed by atoms with Gasteiger partial charge in [-0.05, 0) is 17.1 Å². The largest absolute Gasteiger partial charge is 0.358 e. The van der Waals surface area contributed by atoms with Crippen molar-refractivity contribution in [2.24, 2.45) is 0 Å². The molecule has 0 spiro atoms. The Balaban J connectivity index is 2.14. The summed E-state index contributed by atoms with van der Waals surface area (Å²) < 4.78 is 1.64. The van der Waals surface area contributed by atoms with Gasteiger partial charge in [-0.2, -0.15) is 14.8 Å². The van der Waals surface area contributed by atoms with Crippen molar-refractivity contribution in [2.45, 2.75) is 11.7 Å². The summed E-state index contributed by atoms with van der Waals surface area (Å²) >= 11 is 1.52. The molecule has 1 aliphatic heterocycles. The Kier molecular flexibility index (Phi) is 2.72. The summed E-state index contributed by atoms with van der Waals surface area (Å²) in [5.41, 5.74) is 1.55. The minimum Gasteiger partial charge on any atom is -0.358 e. The molecule has 7 heteroatoms. The number of hydrogen-bond donors (Lipinski definition) is 0. The van der Waals surface area contributed by atoms with Gasteiger partial charge in [0.2, 0.25) is 0 Å². The smallest absolute Gasteiger partial charge is 0.351 e. The molecule has 2 aromatic rings. The highest BCUT2D eigenvalue weighted by molar-refractivity contribution is 7.99. The van der Waals surface area contributed by atoms with E-state index in [1.807, 2.05) is 6.07 Å². The van der Waals surface area contributed by atoms with E-state index >= 15 is 0 Å². The van der Waals surface area contributed by atoms with Gasteiger partial charge in [0.1, 0.15) is 6.54 Å². The number of nitro groups is 1.